The van der Waals surface area contributed by atoms with Crippen molar-refractivity contribution in [3.8, 4) is 0 Å². The van der Waals surface area contributed by atoms with Crippen LogP contribution in [0.3, 0.4) is 0 Å². The molecule has 2 aromatic rings. The lowest BCUT2D eigenvalue weighted by Gasteiger charge is -2.48. The van der Waals surface area contributed by atoms with Crippen LogP contribution in [0.25, 0.3) is 0 Å². The smallest absolute Gasteiger partial charge is 0.337 e. The number of guanidine groups is 1. The molecule has 3 heterocycles. The van der Waals surface area contributed by atoms with Crippen molar-refractivity contribution in [1.29, 1.82) is 0 Å². The van der Waals surface area contributed by atoms with Crippen molar-refractivity contribution >= 4 is 46.8 Å². The average Bonchev–Trinajstić information content (AvgIpc) is 2.92. The monoisotopic (exact) mass is 552 g/mol. The average molecular weight is 553 g/mol. The summed E-state index contributed by atoms with van der Waals surface area (Å²) in [6.07, 6.45) is 4.52. The van der Waals surface area contributed by atoms with Crippen LogP contribution in [0.2, 0.25) is 0 Å². The zero-order chi connectivity index (χ0) is 28.0. The third-order valence-electron chi connectivity index (χ3n) is 7.28. The van der Waals surface area contributed by atoms with Gasteiger partial charge in [-0.05, 0) is 95.2 Å². The summed E-state index contributed by atoms with van der Waals surface area (Å²) in [4.78, 5) is 42.5. The Kier molecular flexibility index (Phi) is 9.08. The predicted octanol–water partition coefficient (Wildman–Crippen LogP) is 2.85. The zero-order valence-electron chi connectivity index (χ0n) is 22.7. The van der Waals surface area contributed by atoms with Gasteiger partial charge in [0.2, 0.25) is 22.9 Å². The fourth-order valence-corrected chi connectivity index (χ4v) is 5.45. The number of rotatable bonds is 5. The van der Waals surface area contributed by atoms with Crippen molar-refractivity contribution in [3.63, 3.8) is 0 Å². The number of aromatic nitrogens is 2. The van der Waals surface area contributed by atoms with Crippen molar-refractivity contribution in [2.24, 2.45) is 10.7 Å². The van der Waals surface area contributed by atoms with Crippen molar-refractivity contribution in [3.05, 3.63) is 47.3 Å². The molecule has 0 bridgehead atoms. The summed E-state index contributed by atoms with van der Waals surface area (Å²) in [5, 5.41) is 6.56. The van der Waals surface area contributed by atoms with Crippen molar-refractivity contribution in [2.75, 3.05) is 43.9 Å². The number of esters is 1. The fourth-order valence-electron chi connectivity index (χ4n) is 5.24. The number of piperidine rings is 2. The maximum Gasteiger partial charge on any atom is 0.337 e. The van der Waals surface area contributed by atoms with Crippen LogP contribution in [-0.2, 0) is 9.53 Å². The number of likely N-dealkylation sites (tertiary alicyclic amines) is 2. The van der Waals surface area contributed by atoms with E-state index in [1.807, 2.05) is 19.9 Å². The first-order chi connectivity index (χ1) is 18.7. The molecule has 0 unspecified atom stereocenters. The lowest BCUT2D eigenvalue weighted by Crippen LogP contribution is -2.64. The number of thiocarbonyl (C=S) groups is 1. The molecule has 39 heavy (non-hydrogen) atoms. The molecule has 2 aliphatic rings. The van der Waals surface area contributed by atoms with Gasteiger partial charge < -0.3 is 20.7 Å². The molecule has 1 aromatic heterocycles. The highest BCUT2D eigenvalue weighted by molar-refractivity contribution is 7.80. The highest BCUT2D eigenvalue weighted by Gasteiger charge is 2.45. The van der Waals surface area contributed by atoms with E-state index in [-0.39, 0.29) is 11.0 Å². The Labute approximate surface area is 234 Å². The second-order valence-corrected chi connectivity index (χ2v) is 10.4. The van der Waals surface area contributed by atoms with Gasteiger partial charge in [-0.3, -0.25) is 15.0 Å². The van der Waals surface area contributed by atoms with Gasteiger partial charge in [0.15, 0.2) is 0 Å². The predicted molar refractivity (Wildman–Crippen MR) is 155 cm³/mol. The minimum atomic E-state index is -0.654. The lowest BCUT2D eigenvalue weighted by molar-refractivity contribution is -0.134. The molecule has 0 atom stereocenters. The highest BCUT2D eigenvalue weighted by atomic mass is 32.1. The molecule has 11 nitrogen and oxygen atoms in total. The third kappa shape index (κ3) is 6.87. The molecular formula is C27H36N8O3S. The third-order valence-corrected chi connectivity index (χ3v) is 7.47. The molecule has 0 radical (unpaired) electrons. The topological polar surface area (TPSA) is 138 Å². The van der Waals surface area contributed by atoms with Crippen molar-refractivity contribution in [1.82, 2.24) is 19.8 Å². The molecule has 2 saturated heterocycles. The first-order valence-electron chi connectivity index (χ1n) is 13.2. The second-order valence-electron chi connectivity index (χ2n) is 9.96. The molecule has 0 saturated carbocycles. The Balaban J connectivity index is 1.55. The minimum Gasteiger partial charge on any atom is -0.465 e. The summed E-state index contributed by atoms with van der Waals surface area (Å²) < 4.78 is 4.75. The Hall–Kier alpha value is -3.64. The molecule has 12 heteroatoms. The molecule has 0 spiro atoms. The Morgan fingerprint density at radius 3 is 2.18 bits per heavy atom. The van der Waals surface area contributed by atoms with Crippen molar-refractivity contribution < 1.29 is 14.3 Å². The number of benzene rings is 1. The maximum absolute atomic E-state index is 12.7. The van der Waals surface area contributed by atoms with Gasteiger partial charge in [-0.25, -0.2) is 14.8 Å². The summed E-state index contributed by atoms with van der Waals surface area (Å²) in [5.74, 6) is 0.226. The summed E-state index contributed by atoms with van der Waals surface area (Å²) in [5.41, 5.74) is 8.10. The number of nitrogens with one attached hydrogen (secondary N) is 2. The van der Waals surface area contributed by atoms with E-state index < -0.39 is 11.5 Å². The number of nitrogens with zero attached hydrogens (tertiary/aromatic N) is 5. The summed E-state index contributed by atoms with van der Waals surface area (Å²) in [6, 6.07) is 8.66. The normalized spacial score (nSPS) is 17.8. The van der Waals surface area contributed by atoms with Crippen LogP contribution in [-0.4, -0.2) is 81.5 Å². The second kappa shape index (κ2) is 12.5. The van der Waals surface area contributed by atoms with Gasteiger partial charge in [0.05, 0.1) is 12.7 Å². The van der Waals surface area contributed by atoms with Gasteiger partial charge in [0.1, 0.15) is 5.54 Å². The number of aryl methyl sites for hydroxylation is 2. The number of ether oxygens (including phenoxy) is 1. The number of hydrogen-bond acceptors (Lipinski definition) is 7. The number of primary amides is 1. The van der Waals surface area contributed by atoms with E-state index in [0.717, 1.165) is 37.3 Å². The molecule has 1 aromatic carbocycles. The van der Waals surface area contributed by atoms with Gasteiger partial charge in [0, 0.05) is 30.2 Å². The fraction of sp³-hybridized carbons (Fsp3) is 0.481. The van der Waals surface area contributed by atoms with Gasteiger partial charge in [0.25, 0.3) is 0 Å². The van der Waals surface area contributed by atoms with Crippen LogP contribution in [0.5, 0.6) is 0 Å². The van der Waals surface area contributed by atoms with Crippen molar-refractivity contribution in [2.45, 2.75) is 51.5 Å². The molecule has 4 rings (SSSR count). The number of carbonyl (C=O) groups excluding carboxylic acids is 2. The van der Waals surface area contributed by atoms with E-state index in [4.69, 9.17) is 22.7 Å². The Morgan fingerprint density at radius 1 is 1.00 bits per heavy atom. The van der Waals surface area contributed by atoms with Gasteiger partial charge in [-0.2, -0.15) is 4.99 Å². The quantitative estimate of drug-likeness (QED) is 0.220. The number of hydrogen-bond donors (Lipinski definition) is 3. The molecule has 2 fully saturated rings. The Morgan fingerprint density at radius 2 is 1.62 bits per heavy atom. The molecule has 208 valence electrons. The number of methoxy groups -OCH3 is 1. The van der Waals surface area contributed by atoms with Crippen LogP contribution in [0.1, 0.15) is 53.8 Å². The van der Waals surface area contributed by atoms with Crippen LogP contribution in [0.4, 0.5) is 11.6 Å². The van der Waals surface area contributed by atoms with E-state index in [0.29, 0.717) is 49.1 Å². The number of anilines is 2. The molecule has 0 aliphatic carbocycles. The standard InChI is InChI=1S/C27H36N8O3S/c1-18-17-19(2)30-24(29-18)32-25(33-26(39)31-21-9-7-20(8-10-21)22(36)38-3)34-15-11-27(12-16-34,23(28)37)35-13-5-4-6-14-35/h7-10,17H,4-6,11-16H2,1-3H3,(H2,28,37)(H2,29,30,31,32,33,39). The van der Waals surface area contributed by atoms with Gasteiger partial charge in [-0.1, -0.05) is 6.42 Å². The summed E-state index contributed by atoms with van der Waals surface area (Å²) in [7, 11) is 1.34. The summed E-state index contributed by atoms with van der Waals surface area (Å²) in [6.45, 7) is 6.71. The first kappa shape index (κ1) is 28.4. The molecule has 1 amide bonds. The maximum atomic E-state index is 12.7. The van der Waals surface area contributed by atoms with E-state index in [9.17, 15) is 9.59 Å². The zero-order valence-corrected chi connectivity index (χ0v) is 23.5. The van der Waals surface area contributed by atoms with Crippen LogP contribution in [0.15, 0.2) is 35.3 Å². The van der Waals surface area contributed by atoms with Crippen LogP contribution >= 0.6 is 12.2 Å². The lowest BCUT2D eigenvalue weighted by atomic mass is 9.83. The molecular weight excluding hydrogens is 516 g/mol. The van der Waals surface area contributed by atoms with Crippen LogP contribution < -0.4 is 16.4 Å². The van der Waals surface area contributed by atoms with E-state index >= 15 is 0 Å². The number of carbonyl (C=O) groups is 2. The molecule has 2 aliphatic heterocycles. The first-order valence-corrected chi connectivity index (χ1v) is 13.6. The largest absolute Gasteiger partial charge is 0.465 e. The number of aliphatic imine (C=N–C) groups is 1. The highest BCUT2D eigenvalue weighted by Crippen LogP contribution is 2.32. The summed E-state index contributed by atoms with van der Waals surface area (Å²) >= 11 is 5.57. The number of nitrogens with two attached hydrogens (primary N) is 1. The molecule has 4 N–H and O–H groups in total. The SMILES string of the molecule is COC(=O)c1ccc(NC(=S)/N=C(/Nc2nc(C)cc(C)n2)N2CCC(C(N)=O)(N3CCCCC3)CC2)cc1. The van der Waals surface area contributed by atoms with E-state index in [1.165, 1.54) is 13.5 Å². The number of amides is 1. The van der Waals surface area contributed by atoms with Crippen LogP contribution in [0, 0.1) is 13.8 Å². The van der Waals surface area contributed by atoms with E-state index in [1.54, 1.807) is 24.3 Å². The van der Waals surface area contributed by atoms with Gasteiger partial charge >= 0.3 is 5.97 Å². The Bertz CT molecular complexity index is 1220. The van der Waals surface area contributed by atoms with E-state index in [2.05, 4.69) is 35.4 Å². The minimum absolute atomic E-state index is 0.218. The van der Waals surface area contributed by atoms with Gasteiger partial charge in [-0.15, -0.1) is 0 Å².